The monoisotopic (exact) mass is 449 g/mol. The number of rotatable bonds is 3. The zero-order valence-electron chi connectivity index (χ0n) is 18.1. The van der Waals surface area contributed by atoms with Gasteiger partial charge in [-0.25, -0.2) is 0 Å². The van der Waals surface area contributed by atoms with E-state index in [4.69, 9.17) is 0 Å². The van der Waals surface area contributed by atoms with Gasteiger partial charge in [-0.1, -0.05) is 18.2 Å². The summed E-state index contributed by atoms with van der Waals surface area (Å²) in [6, 6.07) is 3.42. The lowest BCUT2D eigenvalue weighted by Gasteiger charge is -2.41. The second-order valence-corrected chi connectivity index (χ2v) is 8.94. The summed E-state index contributed by atoms with van der Waals surface area (Å²) in [4.78, 5) is 30.0. The predicted octanol–water partition coefficient (Wildman–Crippen LogP) is 3.35. The van der Waals surface area contributed by atoms with Crippen LogP contribution in [0.4, 0.5) is 13.2 Å². The van der Waals surface area contributed by atoms with Gasteiger partial charge in [0.1, 0.15) is 11.6 Å². The van der Waals surface area contributed by atoms with Crippen molar-refractivity contribution in [1.82, 2.24) is 10.4 Å². The van der Waals surface area contributed by atoms with E-state index in [1.165, 1.54) is 25.0 Å². The summed E-state index contributed by atoms with van der Waals surface area (Å²) in [6.07, 6.45) is -1.95. The number of halogens is 3. The van der Waals surface area contributed by atoms with Crippen LogP contribution in [0.5, 0.6) is 0 Å². The van der Waals surface area contributed by atoms with Gasteiger partial charge in [0.2, 0.25) is 5.91 Å². The Kier molecular flexibility index (Phi) is 5.65. The summed E-state index contributed by atoms with van der Waals surface area (Å²) >= 11 is 0. The Morgan fingerprint density at radius 3 is 2.56 bits per heavy atom. The number of aliphatic hydroxyl groups excluding tert-OH is 1. The van der Waals surface area contributed by atoms with Crippen molar-refractivity contribution in [2.45, 2.75) is 51.4 Å². The maximum Gasteiger partial charge on any atom is 0.416 e. The fraction of sp³-hybridized carbons (Fsp3) is 0.522. The molecule has 1 aliphatic heterocycles. The first-order chi connectivity index (χ1) is 15.0. The van der Waals surface area contributed by atoms with E-state index in [1.807, 2.05) is 0 Å². The number of nitrogens with one attached hydrogen (secondary N) is 1. The fourth-order valence-corrected chi connectivity index (χ4v) is 4.93. The molecule has 4 rings (SSSR count). The minimum atomic E-state index is -4.46. The van der Waals surface area contributed by atoms with Crippen LogP contribution in [0.25, 0.3) is 0 Å². The molecule has 3 aliphatic rings. The quantitative estimate of drug-likeness (QED) is 0.742. The zero-order chi connectivity index (χ0) is 23.4. The van der Waals surface area contributed by atoms with Crippen molar-refractivity contribution in [1.29, 1.82) is 0 Å². The standard InChI is InChI=1S/C23H26F3N3O3/c1-11-15(5-4-6-19(11)23(24,25)26)12(2)27-21-17-9-16(13-7-14(30)8-13)20(31)10-18(17)22(32)29(3)28-21/h4-6,9,12-14,16,18,30H,7-8,10H2,1-3H3,(H,27,28)/t12-,13?,14?,16+,18-/m1/s1. The minimum absolute atomic E-state index is 0.0274. The van der Waals surface area contributed by atoms with Crippen LogP contribution in [-0.2, 0) is 15.8 Å². The molecule has 0 aromatic heterocycles. The number of Topliss-reactive ketones (excluding diaryl/α,β-unsaturated/α-hetero) is 1. The lowest BCUT2D eigenvalue weighted by Crippen LogP contribution is -2.56. The lowest BCUT2D eigenvalue weighted by molar-refractivity contribution is -0.139. The Hall–Kier alpha value is -2.68. The van der Waals surface area contributed by atoms with Crippen LogP contribution in [0.2, 0.25) is 0 Å². The zero-order valence-corrected chi connectivity index (χ0v) is 18.1. The Morgan fingerprint density at radius 2 is 1.94 bits per heavy atom. The molecular weight excluding hydrogens is 423 g/mol. The molecule has 0 bridgehead atoms. The van der Waals surface area contributed by atoms with Gasteiger partial charge in [-0.05, 0) is 49.8 Å². The third-order valence-electron chi connectivity index (χ3n) is 6.80. The summed E-state index contributed by atoms with van der Waals surface area (Å²) in [7, 11) is 1.54. The molecule has 1 saturated heterocycles. The van der Waals surface area contributed by atoms with Crippen LogP contribution in [0.15, 0.2) is 34.8 Å². The number of fused-ring (bicyclic) bond motifs is 1. The van der Waals surface area contributed by atoms with Gasteiger partial charge in [0.15, 0.2) is 0 Å². The summed E-state index contributed by atoms with van der Waals surface area (Å²) in [5, 5.41) is 10.9. The molecule has 0 spiro atoms. The second kappa shape index (κ2) is 8.03. The van der Waals surface area contributed by atoms with E-state index in [0.717, 1.165) is 6.07 Å². The van der Waals surface area contributed by atoms with Crippen molar-refractivity contribution in [2.75, 3.05) is 7.05 Å². The molecule has 9 heteroatoms. The fourth-order valence-electron chi connectivity index (χ4n) is 4.93. The summed E-state index contributed by atoms with van der Waals surface area (Å²) in [6.45, 7) is 3.13. The number of aliphatic hydroxyl groups is 1. The predicted molar refractivity (Wildman–Crippen MR) is 111 cm³/mol. The van der Waals surface area contributed by atoms with E-state index in [1.54, 1.807) is 19.1 Å². The van der Waals surface area contributed by atoms with Crippen LogP contribution in [-0.4, -0.2) is 40.8 Å². The van der Waals surface area contributed by atoms with Crippen molar-refractivity contribution < 1.29 is 27.9 Å². The number of aliphatic imine (C=N–C) groups is 1. The largest absolute Gasteiger partial charge is 0.416 e. The number of hydrazine groups is 1. The molecule has 172 valence electrons. The molecule has 0 radical (unpaired) electrons. The molecule has 1 aromatic rings. The maximum absolute atomic E-state index is 13.3. The van der Waals surface area contributed by atoms with Crippen molar-refractivity contribution in [3.8, 4) is 0 Å². The Balaban J connectivity index is 1.71. The Bertz CT molecular complexity index is 1010. The Morgan fingerprint density at radius 1 is 1.25 bits per heavy atom. The third-order valence-corrected chi connectivity index (χ3v) is 6.80. The summed E-state index contributed by atoms with van der Waals surface area (Å²) in [5.41, 5.74) is 3.39. The molecule has 32 heavy (non-hydrogen) atoms. The van der Waals surface area contributed by atoms with Crippen molar-refractivity contribution >= 4 is 17.5 Å². The van der Waals surface area contributed by atoms with Crippen molar-refractivity contribution in [3.05, 3.63) is 46.5 Å². The van der Waals surface area contributed by atoms with Crippen LogP contribution in [0, 0.1) is 24.7 Å². The number of nitrogens with zero attached hydrogens (tertiary/aromatic N) is 2. The van der Waals surface area contributed by atoms with Crippen LogP contribution in [0.3, 0.4) is 0 Å². The van der Waals surface area contributed by atoms with E-state index in [2.05, 4.69) is 10.4 Å². The van der Waals surface area contributed by atoms with Gasteiger partial charge in [-0.15, -0.1) is 0 Å². The van der Waals surface area contributed by atoms with Gasteiger partial charge in [-0.2, -0.15) is 13.2 Å². The van der Waals surface area contributed by atoms with Crippen LogP contribution in [0.1, 0.15) is 48.9 Å². The number of benzene rings is 1. The number of ketones is 1. The number of carbonyl (C=O) groups excluding carboxylic acids is 2. The normalized spacial score (nSPS) is 30.4. The maximum atomic E-state index is 13.3. The first-order valence-electron chi connectivity index (χ1n) is 10.7. The minimum Gasteiger partial charge on any atom is -0.393 e. The van der Waals surface area contributed by atoms with E-state index >= 15 is 0 Å². The Labute approximate surface area is 184 Å². The van der Waals surface area contributed by atoms with Gasteiger partial charge in [0.05, 0.1) is 23.6 Å². The average Bonchev–Trinajstić information content (AvgIpc) is 2.68. The average molecular weight is 449 g/mol. The highest BCUT2D eigenvalue weighted by atomic mass is 19.4. The number of alkyl halides is 3. The number of amidine groups is 1. The van der Waals surface area contributed by atoms with Crippen LogP contribution < -0.4 is 5.43 Å². The molecule has 3 atom stereocenters. The van der Waals surface area contributed by atoms with Crippen LogP contribution >= 0.6 is 0 Å². The first-order valence-corrected chi connectivity index (χ1v) is 10.7. The molecule has 1 amide bonds. The van der Waals surface area contributed by atoms with Gasteiger partial charge in [-0.3, -0.25) is 25.0 Å². The number of hydrogen-bond donors (Lipinski definition) is 2. The molecule has 1 saturated carbocycles. The highest BCUT2D eigenvalue weighted by molar-refractivity contribution is 6.10. The lowest BCUT2D eigenvalue weighted by atomic mass is 9.67. The van der Waals surface area contributed by atoms with Crippen molar-refractivity contribution in [2.24, 2.45) is 22.7 Å². The molecule has 2 N–H and O–H groups in total. The van der Waals surface area contributed by atoms with Gasteiger partial charge >= 0.3 is 6.18 Å². The number of allylic oxidation sites excluding steroid dienone is 1. The molecular formula is C23H26F3N3O3. The highest BCUT2D eigenvalue weighted by Crippen LogP contribution is 2.41. The molecule has 2 fully saturated rings. The molecule has 2 aliphatic carbocycles. The molecule has 1 heterocycles. The van der Waals surface area contributed by atoms with Gasteiger partial charge < -0.3 is 5.11 Å². The summed E-state index contributed by atoms with van der Waals surface area (Å²) in [5.74, 6) is -0.912. The van der Waals surface area contributed by atoms with Gasteiger partial charge in [0, 0.05) is 25.0 Å². The third kappa shape index (κ3) is 3.94. The second-order valence-electron chi connectivity index (χ2n) is 8.94. The first kappa shape index (κ1) is 22.5. The van der Waals surface area contributed by atoms with Crippen molar-refractivity contribution in [3.63, 3.8) is 0 Å². The van der Waals surface area contributed by atoms with E-state index in [9.17, 15) is 27.9 Å². The number of amides is 1. The SMILES string of the molecule is Cc1c([C@@H](C)N=C2NN(C)C(=O)[C@@H]3CC(=O)[C@H](C4CC(O)C4)C=C23)cccc1C(F)(F)F. The van der Waals surface area contributed by atoms with E-state index < -0.39 is 35.7 Å². The van der Waals surface area contributed by atoms with E-state index in [0.29, 0.717) is 29.8 Å². The molecule has 1 aromatic carbocycles. The van der Waals surface area contributed by atoms with E-state index in [-0.39, 0.29) is 29.6 Å². The molecule has 0 unspecified atom stereocenters. The highest BCUT2D eigenvalue weighted by Gasteiger charge is 2.45. The van der Waals surface area contributed by atoms with Gasteiger partial charge in [0.25, 0.3) is 0 Å². The smallest absolute Gasteiger partial charge is 0.393 e. The summed E-state index contributed by atoms with van der Waals surface area (Å²) < 4.78 is 40.0. The number of hydrogen-bond acceptors (Lipinski definition) is 4. The molecule has 6 nitrogen and oxygen atoms in total. The topological polar surface area (TPSA) is 82.0 Å². The number of carbonyl (C=O) groups is 2.